The second-order valence-electron chi connectivity index (χ2n) is 5.08. The first-order valence-electron chi connectivity index (χ1n) is 7.03. The van der Waals surface area contributed by atoms with Crippen LogP contribution in [0.25, 0.3) is 0 Å². The van der Waals surface area contributed by atoms with Crippen LogP contribution in [0.4, 0.5) is 11.5 Å². The molecular weight excluding hydrogens is 394 g/mol. The normalized spacial score (nSPS) is 15.3. The van der Waals surface area contributed by atoms with Crippen LogP contribution in [-0.2, 0) is 5.33 Å². The smallest absolute Gasteiger partial charge is 0.128 e. The molecule has 2 aromatic rings. The lowest BCUT2D eigenvalue weighted by molar-refractivity contribution is 0.646. The van der Waals surface area contributed by atoms with Crippen LogP contribution in [0.2, 0.25) is 0 Å². The standard InChI is InChI=1S/C16H17Br2N3/c17-12-13-4-5-15(14(18)11-13)20-7-9-21(10-8-20)16-3-1-2-6-19-16/h1-6,11H,7-10,12H2. The molecule has 0 amide bonds. The van der Waals surface area contributed by atoms with Crippen LogP contribution < -0.4 is 9.80 Å². The summed E-state index contributed by atoms with van der Waals surface area (Å²) < 4.78 is 1.17. The van der Waals surface area contributed by atoms with Gasteiger partial charge in [-0.2, -0.15) is 0 Å². The monoisotopic (exact) mass is 409 g/mol. The first kappa shape index (κ1) is 14.9. The number of hydrogen-bond donors (Lipinski definition) is 0. The first-order chi connectivity index (χ1) is 10.3. The highest BCUT2D eigenvalue weighted by molar-refractivity contribution is 9.10. The molecule has 1 fully saturated rings. The Kier molecular flexibility index (Phi) is 4.80. The molecule has 1 aromatic carbocycles. The number of alkyl halides is 1. The highest BCUT2D eigenvalue weighted by atomic mass is 79.9. The number of benzene rings is 1. The largest absolute Gasteiger partial charge is 0.367 e. The van der Waals surface area contributed by atoms with Crippen LogP contribution in [0.15, 0.2) is 47.1 Å². The van der Waals surface area contributed by atoms with Gasteiger partial charge in [0.25, 0.3) is 0 Å². The molecule has 1 aromatic heterocycles. The molecule has 110 valence electrons. The minimum Gasteiger partial charge on any atom is -0.367 e. The maximum absolute atomic E-state index is 4.43. The summed E-state index contributed by atoms with van der Waals surface area (Å²) in [7, 11) is 0. The van der Waals surface area contributed by atoms with Crippen molar-refractivity contribution in [2.24, 2.45) is 0 Å². The third-order valence-electron chi connectivity index (χ3n) is 3.76. The Morgan fingerprint density at radius 2 is 1.76 bits per heavy atom. The van der Waals surface area contributed by atoms with Gasteiger partial charge in [0.2, 0.25) is 0 Å². The SMILES string of the molecule is BrCc1ccc(N2CCN(c3ccccn3)CC2)c(Br)c1. The third kappa shape index (κ3) is 3.40. The summed E-state index contributed by atoms with van der Waals surface area (Å²) in [6.07, 6.45) is 1.86. The molecule has 5 heteroatoms. The average Bonchev–Trinajstić information content (AvgIpc) is 2.56. The summed E-state index contributed by atoms with van der Waals surface area (Å²) >= 11 is 7.19. The van der Waals surface area contributed by atoms with E-state index in [2.05, 4.69) is 70.9 Å². The van der Waals surface area contributed by atoms with Gasteiger partial charge in [0, 0.05) is 42.2 Å². The molecular formula is C16H17Br2N3. The average molecular weight is 411 g/mol. The summed E-state index contributed by atoms with van der Waals surface area (Å²) in [5.41, 5.74) is 2.57. The zero-order chi connectivity index (χ0) is 14.7. The molecule has 2 heterocycles. The second-order valence-corrected chi connectivity index (χ2v) is 6.50. The molecule has 0 bridgehead atoms. The van der Waals surface area contributed by atoms with Crippen LogP contribution in [0.5, 0.6) is 0 Å². The molecule has 0 atom stereocenters. The van der Waals surface area contributed by atoms with E-state index in [1.807, 2.05) is 18.3 Å². The molecule has 1 aliphatic heterocycles. The molecule has 0 unspecified atom stereocenters. The molecule has 1 saturated heterocycles. The summed E-state index contributed by atoms with van der Waals surface area (Å²) in [5.74, 6) is 1.07. The van der Waals surface area contributed by atoms with E-state index >= 15 is 0 Å². The molecule has 3 nitrogen and oxygen atoms in total. The van der Waals surface area contributed by atoms with E-state index in [0.29, 0.717) is 0 Å². The molecule has 0 aliphatic carbocycles. The second kappa shape index (κ2) is 6.79. The van der Waals surface area contributed by atoms with Gasteiger partial charge >= 0.3 is 0 Å². The number of pyridine rings is 1. The topological polar surface area (TPSA) is 19.4 Å². The Balaban J connectivity index is 1.68. The van der Waals surface area contributed by atoms with E-state index in [-0.39, 0.29) is 0 Å². The highest BCUT2D eigenvalue weighted by Gasteiger charge is 2.19. The maximum Gasteiger partial charge on any atom is 0.128 e. The number of hydrogen-bond acceptors (Lipinski definition) is 3. The van der Waals surface area contributed by atoms with Crippen molar-refractivity contribution in [1.82, 2.24) is 4.98 Å². The summed E-state index contributed by atoms with van der Waals surface area (Å²) in [4.78, 5) is 9.21. The van der Waals surface area contributed by atoms with Gasteiger partial charge in [0.1, 0.15) is 5.82 Å². The number of piperazine rings is 1. The summed E-state index contributed by atoms with van der Waals surface area (Å²) in [6.45, 7) is 4.04. The van der Waals surface area contributed by atoms with Crippen molar-refractivity contribution < 1.29 is 0 Å². The first-order valence-corrected chi connectivity index (χ1v) is 8.94. The molecule has 21 heavy (non-hydrogen) atoms. The van der Waals surface area contributed by atoms with Crippen LogP contribution in [-0.4, -0.2) is 31.2 Å². The fraction of sp³-hybridized carbons (Fsp3) is 0.312. The van der Waals surface area contributed by atoms with Gasteiger partial charge in [-0.3, -0.25) is 0 Å². The van der Waals surface area contributed by atoms with Gasteiger partial charge in [-0.05, 0) is 45.8 Å². The van der Waals surface area contributed by atoms with E-state index < -0.39 is 0 Å². The molecule has 0 saturated carbocycles. The number of rotatable bonds is 3. The fourth-order valence-electron chi connectivity index (χ4n) is 2.61. The Bertz CT molecular complexity index is 596. The van der Waals surface area contributed by atoms with Crippen molar-refractivity contribution in [3.8, 4) is 0 Å². The minimum absolute atomic E-state index is 0.888. The molecule has 0 radical (unpaired) electrons. The van der Waals surface area contributed by atoms with E-state index in [1.54, 1.807) is 0 Å². The zero-order valence-electron chi connectivity index (χ0n) is 11.7. The number of aromatic nitrogens is 1. The number of halogens is 2. The summed E-state index contributed by atoms with van der Waals surface area (Å²) in [6, 6.07) is 12.7. The predicted octanol–water partition coefficient (Wildman–Crippen LogP) is 4.07. The molecule has 3 rings (SSSR count). The van der Waals surface area contributed by atoms with Gasteiger partial charge in [-0.15, -0.1) is 0 Å². The minimum atomic E-state index is 0.888. The third-order valence-corrected chi connectivity index (χ3v) is 5.04. The lowest BCUT2D eigenvalue weighted by Gasteiger charge is -2.37. The number of nitrogens with zero attached hydrogens (tertiary/aromatic N) is 3. The van der Waals surface area contributed by atoms with Crippen molar-refractivity contribution in [2.45, 2.75) is 5.33 Å². The van der Waals surface area contributed by atoms with E-state index in [4.69, 9.17) is 0 Å². The van der Waals surface area contributed by atoms with Gasteiger partial charge in [-0.25, -0.2) is 4.98 Å². The van der Waals surface area contributed by atoms with Crippen molar-refractivity contribution >= 4 is 43.4 Å². The van der Waals surface area contributed by atoms with Gasteiger partial charge < -0.3 is 9.80 Å². The Morgan fingerprint density at radius 1 is 1.00 bits per heavy atom. The van der Waals surface area contributed by atoms with Crippen molar-refractivity contribution in [3.63, 3.8) is 0 Å². The Morgan fingerprint density at radius 3 is 2.38 bits per heavy atom. The summed E-state index contributed by atoms with van der Waals surface area (Å²) in [5, 5.41) is 0.888. The van der Waals surface area contributed by atoms with E-state index in [9.17, 15) is 0 Å². The zero-order valence-corrected chi connectivity index (χ0v) is 14.8. The fourth-order valence-corrected chi connectivity index (χ4v) is 3.63. The highest BCUT2D eigenvalue weighted by Crippen LogP contribution is 2.29. The van der Waals surface area contributed by atoms with Crippen LogP contribution in [0, 0.1) is 0 Å². The predicted molar refractivity (Wildman–Crippen MR) is 95.4 cm³/mol. The van der Waals surface area contributed by atoms with Gasteiger partial charge in [-0.1, -0.05) is 28.1 Å². The van der Waals surface area contributed by atoms with Crippen molar-refractivity contribution in [3.05, 3.63) is 52.6 Å². The lowest BCUT2D eigenvalue weighted by atomic mass is 10.2. The van der Waals surface area contributed by atoms with Crippen LogP contribution >= 0.6 is 31.9 Å². The van der Waals surface area contributed by atoms with E-state index in [0.717, 1.165) is 37.3 Å². The maximum atomic E-state index is 4.43. The molecule has 0 N–H and O–H groups in total. The Labute approximate surface area is 142 Å². The van der Waals surface area contributed by atoms with Crippen molar-refractivity contribution in [2.75, 3.05) is 36.0 Å². The van der Waals surface area contributed by atoms with E-state index in [1.165, 1.54) is 15.7 Å². The van der Waals surface area contributed by atoms with Crippen LogP contribution in [0.3, 0.4) is 0 Å². The van der Waals surface area contributed by atoms with Crippen molar-refractivity contribution in [1.29, 1.82) is 0 Å². The lowest BCUT2D eigenvalue weighted by Crippen LogP contribution is -2.46. The quantitative estimate of drug-likeness (QED) is 0.711. The van der Waals surface area contributed by atoms with Gasteiger partial charge in [0.15, 0.2) is 0 Å². The Hall–Kier alpha value is -1.07. The molecule has 0 spiro atoms. The van der Waals surface area contributed by atoms with Crippen LogP contribution in [0.1, 0.15) is 5.56 Å². The molecule has 1 aliphatic rings. The van der Waals surface area contributed by atoms with Gasteiger partial charge in [0.05, 0.1) is 5.69 Å². The number of anilines is 2.